The Kier molecular flexibility index (Phi) is 6.93. The third kappa shape index (κ3) is 4.72. The van der Waals surface area contributed by atoms with Crippen LogP contribution in [-0.4, -0.2) is 29.8 Å². The average molecular weight is 475 g/mol. The van der Waals surface area contributed by atoms with E-state index in [4.69, 9.17) is 28.9 Å². The third-order valence-electron chi connectivity index (χ3n) is 6.66. The molecule has 6 nitrogen and oxygen atoms in total. The van der Waals surface area contributed by atoms with Crippen molar-refractivity contribution in [2.45, 2.75) is 32.2 Å². The zero-order chi connectivity index (χ0) is 22.8. The van der Waals surface area contributed by atoms with Crippen molar-refractivity contribution >= 4 is 40.5 Å². The largest absolute Gasteiger partial charge is 0.508 e. The van der Waals surface area contributed by atoms with Crippen LogP contribution in [0.4, 0.5) is 5.69 Å². The second-order valence-electron chi connectivity index (χ2n) is 8.72. The number of nitrogens with two attached hydrogens (primary N) is 1. The highest BCUT2D eigenvalue weighted by molar-refractivity contribution is 6.40. The smallest absolute Gasteiger partial charge is 0.265 e. The number of rotatable bonds is 3. The first kappa shape index (κ1) is 22.9. The number of aromatic hydroxyl groups is 1. The number of hydrogen-bond donors (Lipinski definition) is 3. The number of hydrogen-bond acceptors (Lipinski definition) is 5. The molecule has 0 radical (unpaired) electrons. The molecule has 2 aliphatic heterocycles. The Labute approximate surface area is 198 Å². The molecule has 5 rings (SSSR count). The highest BCUT2D eigenvalue weighted by Crippen LogP contribution is 2.42. The van der Waals surface area contributed by atoms with Gasteiger partial charge in [0, 0.05) is 10.9 Å². The molecule has 2 heterocycles. The summed E-state index contributed by atoms with van der Waals surface area (Å²) in [6.07, 6.45) is 4.49. The normalized spacial score (nSPS) is 26.3. The summed E-state index contributed by atoms with van der Waals surface area (Å²) >= 11 is 12.3. The van der Waals surface area contributed by atoms with E-state index in [0.717, 1.165) is 17.4 Å². The SMILES string of the molecule is C1CC2CNCC2C1.CC1C(C(N)=O)=NN(c2ccc(Cl)cc2Cl)C1c1ccc(O)cc1. The number of carbonyl (C=O) groups is 1. The average Bonchev–Trinajstić information content (AvgIpc) is 3.45. The zero-order valence-corrected chi connectivity index (χ0v) is 19.5. The minimum atomic E-state index is -0.570. The van der Waals surface area contributed by atoms with Crippen molar-refractivity contribution < 1.29 is 9.90 Å². The number of nitrogens with one attached hydrogen (secondary N) is 1. The van der Waals surface area contributed by atoms with Crippen molar-refractivity contribution in [2.24, 2.45) is 28.6 Å². The van der Waals surface area contributed by atoms with Gasteiger partial charge in [0.1, 0.15) is 11.5 Å². The predicted molar refractivity (Wildman–Crippen MR) is 129 cm³/mol. The first-order valence-corrected chi connectivity index (χ1v) is 11.7. The van der Waals surface area contributed by atoms with Crippen LogP contribution >= 0.6 is 23.2 Å². The van der Waals surface area contributed by atoms with Crippen molar-refractivity contribution in [3.8, 4) is 5.75 Å². The molecule has 32 heavy (non-hydrogen) atoms. The van der Waals surface area contributed by atoms with Gasteiger partial charge in [0.15, 0.2) is 0 Å². The third-order valence-corrected chi connectivity index (χ3v) is 7.19. The molecule has 8 heteroatoms. The maximum absolute atomic E-state index is 11.7. The summed E-state index contributed by atoms with van der Waals surface area (Å²) in [6.45, 7) is 4.50. The van der Waals surface area contributed by atoms with Crippen LogP contribution < -0.4 is 16.1 Å². The Morgan fingerprint density at radius 2 is 1.78 bits per heavy atom. The quantitative estimate of drug-likeness (QED) is 0.598. The highest BCUT2D eigenvalue weighted by atomic mass is 35.5. The number of amides is 1. The summed E-state index contributed by atoms with van der Waals surface area (Å²) in [5.41, 5.74) is 7.25. The van der Waals surface area contributed by atoms with Gasteiger partial charge in [-0.2, -0.15) is 5.10 Å². The Bertz CT molecular complexity index is 992. The lowest BCUT2D eigenvalue weighted by atomic mass is 9.91. The van der Waals surface area contributed by atoms with Crippen molar-refractivity contribution in [2.75, 3.05) is 18.1 Å². The van der Waals surface area contributed by atoms with E-state index in [1.54, 1.807) is 47.5 Å². The number of phenolic OH excluding ortho intramolecular Hbond substituents is 1. The molecule has 0 spiro atoms. The topological polar surface area (TPSA) is 90.9 Å². The molecule has 1 saturated carbocycles. The molecule has 2 aromatic rings. The predicted octanol–water partition coefficient (Wildman–Crippen LogP) is 4.74. The Balaban J connectivity index is 0.000000254. The van der Waals surface area contributed by atoms with Crippen LogP contribution in [0.1, 0.15) is 37.8 Å². The Morgan fingerprint density at radius 1 is 1.12 bits per heavy atom. The fraction of sp³-hybridized carbons (Fsp3) is 0.417. The fourth-order valence-electron chi connectivity index (χ4n) is 4.98. The van der Waals surface area contributed by atoms with Crippen LogP contribution in [0.15, 0.2) is 47.6 Å². The molecule has 4 unspecified atom stereocenters. The number of fused-ring (bicyclic) bond motifs is 1. The Morgan fingerprint density at radius 3 is 2.38 bits per heavy atom. The lowest BCUT2D eigenvalue weighted by Crippen LogP contribution is -2.29. The summed E-state index contributed by atoms with van der Waals surface area (Å²) in [5.74, 6) is 1.49. The van der Waals surface area contributed by atoms with Gasteiger partial charge in [0.25, 0.3) is 5.91 Å². The lowest BCUT2D eigenvalue weighted by molar-refractivity contribution is -0.112. The zero-order valence-electron chi connectivity index (χ0n) is 18.0. The van der Waals surface area contributed by atoms with Gasteiger partial charge in [-0.15, -0.1) is 0 Å². The van der Waals surface area contributed by atoms with E-state index < -0.39 is 5.91 Å². The monoisotopic (exact) mass is 474 g/mol. The van der Waals surface area contributed by atoms with Gasteiger partial charge in [0.2, 0.25) is 0 Å². The van der Waals surface area contributed by atoms with Crippen LogP contribution in [0.25, 0.3) is 0 Å². The molecule has 1 amide bonds. The maximum atomic E-state index is 11.7. The van der Waals surface area contributed by atoms with Gasteiger partial charge in [-0.25, -0.2) is 0 Å². The van der Waals surface area contributed by atoms with Gasteiger partial charge < -0.3 is 16.2 Å². The fourth-order valence-corrected chi connectivity index (χ4v) is 5.48. The van der Waals surface area contributed by atoms with Crippen molar-refractivity contribution in [3.05, 3.63) is 58.1 Å². The first-order valence-electron chi connectivity index (χ1n) is 11.0. The molecule has 2 fully saturated rings. The maximum Gasteiger partial charge on any atom is 0.265 e. The van der Waals surface area contributed by atoms with Crippen molar-refractivity contribution in [3.63, 3.8) is 0 Å². The van der Waals surface area contributed by atoms with E-state index in [9.17, 15) is 9.90 Å². The van der Waals surface area contributed by atoms with Gasteiger partial charge in [-0.05, 0) is 73.7 Å². The molecule has 4 N–H and O–H groups in total. The molecule has 1 aliphatic carbocycles. The van der Waals surface area contributed by atoms with Crippen LogP contribution in [0.3, 0.4) is 0 Å². The minimum Gasteiger partial charge on any atom is -0.508 e. The van der Waals surface area contributed by atoms with Crippen LogP contribution in [0.5, 0.6) is 5.75 Å². The second kappa shape index (κ2) is 9.69. The molecule has 2 aromatic carbocycles. The van der Waals surface area contributed by atoms with Gasteiger partial charge in [-0.1, -0.05) is 48.7 Å². The van der Waals surface area contributed by atoms with Gasteiger partial charge in [0.05, 0.1) is 16.8 Å². The first-order chi connectivity index (χ1) is 15.3. The summed E-state index contributed by atoms with van der Waals surface area (Å²) in [4.78, 5) is 11.7. The molecule has 1 saturated heterocycles. The number of anilines is 1. The summed E-state index contributed by atoms with van der Waals surface area (Å²) in [6, 6.07) is 11.6. The van der Waals surface area contributed by atoms with E-state index in [1.807, 2.05) is 6.92 Å². The number of primary amides is 1. The molecule has 0 aromatic heterocycles. The number of halogens is 2. The number of hydrazone groups is 1. The number of benzene rings is 2. The van der Waals surface area contributed by atoms with Crippen molar-refractivity contribution in [1.29, 1.82) is 0 Å². The van der Waals surface area contributed by atoms with Crippen LogP contribution in [-0.2, 0) is 4.79 Å². The van der Waals surface area contributed by atoms with Crippen molar-refractivity contribution in [1.82, 2.24) is 5.32 Å². The summed E-state index contributed by atoms with van der Waals surface area (Å²) in [5, 5.41) is 19.9. The highest BCUT2D eigenvalue weighted by Gasteiger charge is 2.39. The molecule has 3 aliphatic rings. The van der Waals surface area contributed by atoms with E-state index in [2.05, 4.69) is 10.4 Å². The van der Waals surface area contributed by atoms with E-state index in [0.29, 0.717) is 15.7 Å². The molecule has 0 bridgehead atoms. The number of phenols is 1. The molecule has 170 valence electrons. The molecular formula is C24H28Cl2N4O2. The minimum absolute atomic E-state index is 0.163. The van der Waals surface area contributed by atoms with E-state index >= 15 is 0 Å². The molecule has 4 atom stereocenters. The summed E-state index contributed by atoms with van der Waals surface area (Å²) < 4.78 is 0. The van der Waals surface area contributed by atoms with E-state index in [1.165, 1.54) is 32.4 Å². The van der Waals surface area contributed by atoms with E-state index in [-0.39, 0.29) is 23.4 Å². The van der Waals surface area contributed by atoms with Gasteiger partial charge >= 0.3 is 0 Å². The summed E-state index contributed by atoms with van der Waals surface area (Å²) in [7, 11) is 0. The lowest BCUT2D eigenvalue weighted by Gasteiger charge is -2.27. The Hall–Kier alpha value is -2.28. The number of nitrogens with zero attached hydrogens (tertiary/aromatic N) is 2. The number of carbonyl (C=O) groups excluding carboxylic acids is 1. The van der Waals surface area contributed by atoms with Crippen LogP contribution in [0.2, 0.25) is 10.0 Å². The second-order valence-corrected chi connectivity index (χ2v) is 9.57. The van der Waals surface area contributed by atoms with Crippen LogP contribution in [0, 0.1) is 17.8 Å². The molecular weight excluding hydrogens is 447 g/mol. The van der Waals surface area contributed by atoms with Gasteiger partial charge in [-0.3, -0.25) is 9.80 Å². The standard InChI is InChI=1S/C17H15Cl2N3O2.C7H13N/c1-9-15(17(20)24)21-22(14-7-4-11(18)8-13(14)19)16(9)10-2-5-12(23)6-3-10;1-2-6-4-8-5-7(6)3-1/h2-9,16,23H,1H3,(H2,20,24);6-8H,1-5H2.